The molecule has 0 radical (unpaired) electrons. The van der Waals surface area contributed by atoms with Crippen molar-refractivity contribution < 1.29 is 0 Å². The van der Waals surface area contributed by atoms with E-state index in [0.717, 1.165) is 17.6 Å². The molecule has 2 aromatic heterocycles. The molecule has 16 heavy (non-hydrogen) atoms. The average molecular weight is 239 g/mol. The number of rotatable bonds is 1. The van der Waals surface area contributed by atoms with Gasteiger partial charge in [0.25, 0.3) is 0 Å². The van der Waals surface area contributed by atoms with Crippen LogP contribution in [-0.4, -0.2) is 19.7 Å². The Labute approximate surface area is 99.7 Å². The summed E-state index contributed by atoms with van der Waals surface area (Å²) in [5, 5.41) is 5.60. The second-order valence-corrected chi connectivity index (χ2v) is 5.52. The van der Waals surface area contributed by atoms with Crippen molar-refractivity contribution >= 4 is 22.6 Å². The normalized spacial score (nSPS) is 12.3. The van der Waals surface area contributed by atoms with E-state index in [2.05, 4.69) is 35.8 Å². The number of hydrogen-bond acceptors (Lipinski definition) is 3. The largest absolute Gasteiger partial charge is 0.247 e. The third-order valence-corrected chi connectivity index (χ3v) is 2.47. The summed E-state index contributed by atoms with van der Waals surface area (Å²) in [6.07, 6.45) is 1.73. The quantitative estimate of drug-likeness (QED) is 0.718. The van der Waals surface area contributed by atoms with Crippen molar-refractivity contribution in [1.82, 2.24) is 19.7 Å². The summed E-state index contributed by atoms with van der Waals surface area (Å²) in [5.74, 6) is 0.674. The zero-order valence-corrected chi connectivity index (χ0v) is 10.7. The van der Waals surface area contributed by atoms with Gasteiger partial charge >= 0.3 is 0 Å². The van der Waals surface area contributed by atoms with Crippen LogP contribution in [0.5, 0.6) is 0 Å². The molecule has 5 heteroatoms. The van der Waals surface area contributed by atoms with Gasteiger partial charge in [-0.15, -0.1) is 0 Å². The molecule has 0 saturated heterocycles. The predicted octanol–water partition coefficient (Wildman–Crippen LogP) is 2.83. The van der Waals surface area contributed by atoms with Gasteiger partial charge in [0.1, 0.15) is 11.0 Å². The molecule has 0 atom stereocenters. The zero-order valence-electron chi connectivity index (χ0n) is 9.95. The molecule has 4 nitrogen and oxygen atoms in total. The fourth-order valence-corrected chi connectivity index (χ4v) is 1.84. The zero-order chi connectivity index (χ0) is 11.9. The van der Waals surface area contributed by atoms with Crippen molar-refractivity contribution in [2.45, 2.75) is 34.2 Å². The van der Waals surface area contributed by atoms with E-state index in [4.69, 9.17) is 11.6 Å². The number of aromatic nitrogens is 4. The van der Waals surface area contributed by atoms with E-state index in [1.165, 1.54) is 0 Å². The molecule has 2 heterocycles. The van der Waals surface area contributed by atoms with Gasteiger partial charge in [-0.2, -0.15) is 5.10 Å². The minimum absolute atomic E-state index is 0.157. The highest BCUT2D eigenvalue weighted by Gasteiger charge is 2.16. The molecule has 0 fully saturated rings. The number of nitrogens with zero attached hydrogens (tertiary/aromatic N) is 4. The number of halogens is 1. The van der Waals surface area contributed by atoms with Crippen LogP contribution in [0.4, 0.5) is 0 Å². The lowest BCUT2D eigenvalue weighted by Gasteiger charge is -2.18. The molecule has 0 aliphatic carbocycles. The van der Waals surface area contributed by atoms with Crippen molar-refractivity contribution in [3.8, 4) is 0 Å². The Balaban J connectivity index is 2.56. The Morgan fingerprint density at radius 2 is 2.00 bits per heavy atom. The Morgan fingerprint density at radius 1 is 1.31 bits per heavy atom. The molecule has 0 N–H and O–H groups in total. The van der Waals surface area contributed by atoms with Gasteiger partial charge < -0.3 is 0 Å². The summed E-state index contributed by atoms with van der Waals surface area (Å²) < 4.78 is 1.88. The molecule has 0 bridgehead atoms. The summed E-state index contributed by atoms with van der Waals surface area (Å²) in [7, 11) is 0. The Morgan fingerprint density at radius 3 is 2.62 bits per heavy atom. The first-order valence-electron chi connectivity index (χ1n) is 5.22. The van der Waals surface area contributed by atoms with Gasteiger partial charge in [-0.05, 0) is 12.3 Å². The highest BCUT2D eigenvalue weighted by molar-refractivity contribution is 6.33. The first-order valence-corrected chi connectivity index (χ1v) is 5.60. The summed E-state index contributed by atoms with van der Waals surface area (Å²) >= 11 is 6.04. The van der Waals surface area contributed by atoms with Crippen LogP contribution in [0.15, 0.2) is 6.20 Å². The minimum Gasteiger partial charge on any atom is -0.247 e. The van der Waals surface area contributed by atoms with Gasteiger partial charge in [0.15, 0.2) is 5.65 Å². The summed E-state index contributed by atoms with van der Waals surface area (Å²) in [6, 6.07) is 0. The average Bonchev–Trinajstić information content (AvgIpc) is 2.46. The number of hydrogen-bond donors (Lipinski definition) is 0. The lowest BCUT2D eigenvalue weighted by atomic mass is 9.97. The monoisotopic (exact) mass is 238 g/mol. The van der Waals surface area contributed by atoms with Gasteiger partial charge in [-0.1, -0.05) is 32.4 Å². The highest BCUT2D eigenvalue weighted by atomic mass is 35.5. The molecular formula is C11H15ClN4. The lowest BCUT2D eigenvalue weighted by molar-refractivity contribution is 0.330. The van der Waals surface area contributed by atoms with Crippen LogP contribution in [0.1, 0.15) is 26.6 Å². The van der Waals surface area contributed by atoms with E-state index in [0.29, 0.717) is 11.0 Å². The Kier molecular flexibility index (Phi) is 2.62. The van der Waals surface area contributed by atoms with Crippen molar-refractivity contribution in [1.29, 1.82) is 0 Å². The fourth-order valence-electron chi connectivity index (χ4n) is 1.59. The summed E-state index contributed by atoms with van der Waals surface area (Å²) in [4.78, 5) is 8.50. The third kappa shape index (κ3) is 2.16. The molecule has 0 saturated carbocycles. The second-order valence-electron chi connectivity index (χ2n) is 5.16. The smallest absolute Gasteiger partial charge is 0.163 e. The number of fused-ring (bicyclic) bond motifs is 1. The molecule has 0 aromatic carbocycles. The molecule has 2 rings (SSSR count). The second kappa shape index (κ2) is 3.70. The molecule has 0 unspecified atom stereocenters. The van der Waals surface area contributed by atoms with E-state index < -0.39 is 0 Å². The Bertz CT molecular complexity index is 524. The van der Waals surface area contributed by atoms with E-state index in [1.54, 1.807) is 6.20 Å². The number of aryl methyl sites for hydroxylation is 1. The fraction of sp³-hybridized carbons (Fsp3) is 0.545. The maximum Gasteiger partial charge on any atom is 0.163 e. The molecule has 2 aromatic rings. The van der Waals surface area contributed by atoms with Crippen molar-refractivity contribution in [2.24, 2.45) is 5.41 Å². The molecule has 0 aliphatic heterocycles. The van der Waals surface area contributed by atoms with Crippen LogP contribution < -0.4 is 0 Å². The lowest BCUT2D eigenvalue weighted by Crippen LogP contribution is -2.16. The first kappa shape index (κ1) is 11.3. The Hall–Kier alpha value is -1.16. The van der Waals surface area contributed by atoms with E-state index in [1.807, 2.05) is 11.6 Å². The molecule has 0 amide bonds. The van der Waals surface area contributed by atoms with Crippen molar-refractivity contribution in [3.05, 3.63) is 17.2 Å². The topological polar surface area (TPSA) is 43.6 Å². The first-order chi connectivity index (χ1) is 7.37. The van der Waals surface area contributed by atoms with Gasteiger partial charge in [0, 0.05) is 6.54 Å². The van der Waals surface area contributed by atoms with Crippen molar-refractivity contribution in [2.75, 3.05) is 0 Å². The van der Waals surface area contributed by atoms with E-state index in [9.17, 15) is 0 Å². The standard InChI is InChI=1S/C11H15ClN4/c1-7-14-9(12)8-5-13-16(10(8)15-7)6-11(2,3)4/h5H,6H2,1-4H3. The van der Waals surface area contributed by atoms with Crippen molar-refractivity contribution in [3.63, 3.8) is 0 Å². The van der Waals surface area contributed by atoms with Gasteiger partial charge in [0.2, 0.25) is 0 Å². The van der Waals surface area contributed by atoms with Gasteiger partial charge in [-0.3, -0.25) is 0 Å². The van der Waals surface area contributed by atoms with E-state index >= 15 is 0 Å². The third-order valence-electron chi connectivity index (χ3n) is 2.19. The molecule has 86 valence electrons. The predicted molar refractivity (Wildman–Crippen MR) is 64.5 cm³/mol. The SMILES string of the molecule is Cc1nc(Cl)c2cnn(CC(C)(C)C)c2n1. The van der Waals surface area contributed by atoms with Gasteiger partial charge in [0.05, 0.1) is 11.6 Å². The van der Waals surface area contributed by atoms with E-state index in [-0.39, 0.29) is 5.41 Å². The maximum absolute atomic E-state index is 6.04. The van der Waals surface area contributed by atoms with Crippen LogP contribution in [0.2, 0.25) is 5.15 Å². The van der Waals surface area contributed by atoms with Gasteiger partial charge in [-0.25, -0.2) is 14.6 Å². The molecule has 0 aliphatic rings. The maximum atomic E-state index is 6.04. The molecular weight excluding hydrogens is 224 g/mol. The minimum atomic E-state index is 0.157. The summed E-state index contributed by atoms with van der Waals surface area (Å²) in [6.45, 7) is 9.13. The molecule has 0 spiro atoms. The summed E-state index contributed by atoms with van der Waals surface area (Å²) in [5.41, 5.74) is 0.969. The van der Waals surface area contributed by atoms with Crippen LogP contribution in [0.3, 0.4) is 0 Å². The van der Waals surface area contributed by atoms with Crippen LogP contribution in [-0.2, 0) is 6.54 Å². The highest BCUT2D eigenvalue weighted by Crippen LogP contribution is 2.23. The van der Waals surface area contributed by atoms with Crippen LogP contribution in [0.25, 0.3) is 11.0 Å². The van der Waals surface area contributed by atoms with Crippen LogP contribution >= 0.6 is 11.6 Å². The van der Waals surface area contributed by atoms with Crippen LogP contribution in [0, 0.1) is 12.3 Å².